The summed E-state index contributed by atoms with van der Waals surface area (Å²) in [4.78, 5) is 11.9. The van der Waals surface area contributed by atoms with Gasteiger partial charge < -0.3 is 4.74 Å². The number of carbonyl (C=O) groups is 1. The Morgan fingerprint density at radius 1 is 1.14 bits per heavy atom. The molecule has 118 valence electrons. The van der Waals surface area contributed by atoms with E-state index in [0.29, 0.717) is 5.39 Å². The monoisotopic (exact) mass is 374 g/mol. The minimum Gasteiger partial charge on any atom is -0.426 e. The highest BCUT2D eigenvalue weighted by Gasteiger charge is 2.33. The topological polar surface area (TPSA) is 26.3 Å². The van der Waals surface area contributed by atoms with Crippen LogP contribution >= 0.6 is 15.9 Å². The summed E-state index contributed by atoms with van der Waals surface area (Å²) in [7, 11) is 0. The Hall–Kier alpha value is -1.56. The SMILES string of the molecule is CC(C)(C)C(=O)Oc1cc(Br)c2c(C(F)(F)F)cccc2c1. The Bertz CT molecular complexity index is 730. The van der Waals surface area contributed by atoms with Gasteiger partial charge in [0.05, 0.1) is 11.0 Å². The lowest BCUT2D eigenvalue weighted by Crippen LogP contribution is -2.25. The smallest absolute Gasteiger partial charge is 0.417 e. The molecule has 0 fully saturated rings. The Morgan fingerprint density at radius 3 is 2.32 bits per heavy atom. The van der Waals surface area contributed by atoms with Crippen LogP contribution in [-0.4, -0.2) is 5.97 Å². The van der Waals surface area contributed by atoms with Crippen LogP contribution in [0.5, 0.6) is 5.75 Å². The van der Waals surface area contributed by atoms with Gasteiger partial charge in [0, 0.05) is 9.86 Å². The average molecular weight is 375 g/mol. The van der Waals surface area contributed by atoms with Crippen molar-refractivity contribution in [2.45, 2.75) is 26.9 Å². The maximum absolute atomic E-state index is 13.1. The highest BCUT2D eigenvalue weighted by atomic mass is 79.9. The molecule has 2 aromatic carbocycles. The fraction of sp³-hybridized carbons (Fsp3) is 0.312. The lowest BCUT2D eigenvalue weighted by Gasteiger charge is -2.17. The van der Waals surface area contributed by atoms with Crippen LogP contribution in [0.25, 0.3) is 10.8 Å². The Balaban J connectivity index is 2.54. The first-order valence-corrected chi connectivity index (χ1v) is 7.31. The molecular weight excluding hydrogens is 361 g/mol. The summed E-state index contributed by atoms with van der Waals surface area (Å²) in [6.45, 7) is 5.10. The lowest BCUT2D eigenvalue weighted by atomic mass is 9.97. The van der Waals surface area contributed by atoms with Crippen LogP contribution in [0, 0.1) is 5.41 Å². The van der Waals surface area contributed by atoms with E-state index in [0.717, 1.165) is 6.07 Å². The number of esters is 1. The standard InChI is InChI=1S/C16H14BrF3O2/c1-15(2,3)14(21)22-10-7-9-5-4-6-11(16(18,19)20)13(9)12(17)8-10/h4-8H,1-3H3. The molecule has 0 aromatic heterocycles. The largest absolute Gasteiger partial charge is 0.426 e. The predicted molar refractivity (Wildman–Crippen MR) is 81.7 cm³/mol. The van der Waals surface area contributed by atoms with E-state index in [1.54, 1.807) is 26.8 Å². The molecule has 0 bridgehead atoms. The molecule has 22 heavy (non-hydrogen) atoms. The highest BCUT2D eigenvalue weighted by molar-refractivity contribution is 9.10. The molecule has 2 aromatic rings. The zero-order chi connectivity index (χ0) is 16.7. The number of fused-ring (bicyclic) bond motifs is 1. The average Bonchev–Trinajstić information content (AvgIpc) is 2.35. The van der Waals surface area contributed by atoms with Gasteiger partial charge in [-0.3, -0.25) is 4.79 Å². The first-order valence-electron chi connectivity index (χ1n) is 6.52. The molecule has 0 aliphatic heterocycles. The van der Waals surface area contributed by atoms with Gasteiger partial charge in [0.15, 0.2) is 0 Å². The van der Waals surface area contributed by atoms with Crippen LogP contribution in [0.4, 0.5) is 13.2 Å². The van der Waals surface area contributed by atoms with E-state index in [1.807, 2.05) is 0 Å². The van der Waals surface area contributed by atoms with Crippen molar-refractivity contribution < 1.29 is 22.7 Å². The Labute approximate surface area is 134 Å². The van der Waals surface area contributed by atoms with Gasteiger partial charge in [-0.1, -0.05) is 28.1 Å². The first-order chi connectivity index (χ1) is 10.00. The van der Waals surface area contributed by atoms with Gasteiger partial charge in [0.2, 0.25) is 0 Å². The van der Waals surface area contributed by atoms with Gasteiger partial charge in [-0.05, 0) is 44.4 Å². The summed E-state index contributed by atoms with van der Waals surface area (Å²) in [5.41, 5.74) is -1.43. The summed E-state index contributed by atoms with van der Waals surface area (Å²) in [5, 5.41) is 0.395. The van der Waals surface area contributed by atoms with Crippen molar-refractivity contribution in [2.24, 2.45) is 5.41 Å². The van der Waals surface area contributed by atoms with Gasteiger partial charge in [-0.25, -0.2) is 0 Å². The van der Waals surface area contributed by atoms with Gasteiger partial charge in [-0.15, -0.1) is 0 Å². The minimum atomic E-state index is -4.45. The van der Waals surface area contributed by atoms with Crippen molar-refractivity contribution in [1.82, 2.24) is 0 Å². The molecular formula is C16H14BrF3O2. The number of hydrogen-bond acceptors (Lipinski definition) is 2. The van der Waals surface area contributed by atoms with E-state index in [9.17, 15) is 18.0 Å². The lowest BCUT2D eigenvalue weighted by molar-refractivity contribution is -0.143. The number of alkyl halides is 3. The third-order valence-corrected chi connectivity index (χ3v) is 3.66. The second-order valence-electron chi connectivity index (χ2n) is 5.95. The molecule has 0 radical (unpaired) electrons. The maximum Gasteiger partial charge on any atom is 0.417 e. The van der Waals surface area contributed by atoms with Gasteiger partial charge in [-0.2, -0.15) is 13.2 Å². The number of benzene rings is 2. The molecule has 2 nitrogen and oxygen atoms in total. The molecule has 0 saturated heterocycles. The first kappa shape index (κ1) is 16.8. The summed E-state index contributed by atoms with van der Waals surface area (Å²) in [6.07, 6.45) is -4.45. The van der Waals surface area contributed by atoms with E-state index < -0.39 is 23.1 Å². The maximum atomic E-state index is 13.1. The number of rotatable bonds is 1. The van der Waals surface area contributed by atoms with Crippen molar-refractivity contribution in [1.29, 1.82) is 0 Å². The number of halogens is 4. The molecule has 0 amide bonds. The zero-order valence-corrected chi connectivity index (χ0v) is 13.8. The van der Waals surface area contributed by atoms with E-state index in [1.165, 1.54) is 18.2 Å². The van der Waals surface area contributed by atoms with Crippen molar-refractivity contribution >= 4 is 32.7 Å². The second kappa shape index (κ2) is 5.57. The fourth-order valence-corrected chi connectivity index (χ4v) is 2.57. The van der Waals surface area contributed by atoms with Crippen LogP contribution in [-0.2, 0) is 11.0 Å². The van der Waals surface area contributed by atoms with E-state index in [2.05, 4.69) is 15.9 Å². The zero-order valence-electron chi connectivity index (χ0n) is 12.2. The summed E-state index contributed by atoms with van der Waals surface area (Å²) >= 11 is 3.14. The Morgan fingerprint density at radius 2 is 1.77 bits per heavy atom. The van der Waals surface area contributed by atoms with E-state index in [4.69, 9.17) is 4.74 Å². The highest BCUT2D eigenvalue weighted by Crippen LogP contribution is 2.40. The summed E-state index contributed by atoms with van der Waals surface area (Å²) in [6, 6.07) is 6.70. The van der Waals surface area contributed by atoms with Crippen LogP contribution in [0.1, 0.15) is 26.3 Å². The molecule has 0 unspecified atom stereocenters. The molecule has 0 saturated carbocycles. The minimum absolute atomic E-state index is 0.0468. The van der Waals surface area contributed by atoms with Gasteiger partial charge >= 0.3 is 12.1 Å². The third-order valence-electron chi connectivity index (χ3n) is 3.03. The number of carbonyl (C=O) groups excluding carboxylic acids is 1. The van der Waals surface area contributed by atoms with Crippen molar-refractivity contribution in [3.05, 3.63) is 40.4 Å². The van der Waals surface area contributed by atoms with E-state index >= 15 is 0 Å². The molecule has 6 heteroatoms. The van der Waals surface area contributed by atoms with Crippen molar-refractivity contribution in [3.63, 3.8) is 0 Å². The number of ether oxygens (including phenoxy) is 1. The number of hydrogen-bond donors (Lipinski definition) is 0. The van der Waals surface area contributed by atoms with Crippen molar-refractivity contribution in [2.75, 3.05) is 0 Å². The summed E-state index contributed by atoms with van der Waals surface area (Å²) < 4.78 is 44.6. The van der Waals surface area contributed by atoms with Gasteiger partial charge in [0.25, 0.3) is 0 Å². The van der Waals surface area contributed by atoms with Gasteiger partial charge in [0.1, 0.15) is 5.75 Å². The van der Waals surface area contributed by atoms with Crippen LogP contribution < -0.4 is 4.74 Å². The molecule has 0 heterocycles. The van der Waals surface area contributed by atoms with Crippen LogP contribution in [0.15, 0.2) is 34.8 Å². The fourth-order valence-electron chi connectivity index (χ4n) is 1.90. The second-order valence-corrected chi connectivity index (χ2v) is 6.80. The molecule has 0 atom stereocenters. The van der Waals surface area contributed by atoms with E-state index in [-0.39, 0.29) is 15.6 Å². The van der Waals surface area contributed by atoms with Crippen LogP contribution in [0.3, 0.4) is 0 Å². The predicted octanol–water partition coefficient (Wildman–Crippen LogP) is 5.57. The van der Waals surface area contributed by atoms with Crippen molar-refractivity contribution in [3.8, 4) is 5.75 Å². The molecule has 2 rings (SSSR count). The summed E-state index contributed by atoms with van der Waals surface area (Å²) in [5.74, 6) is -0.246. The third kappa shape index (κ3) is 3.43. The molecule has 0 aliphatic carbocycles. The quantitative estimate of drug-likeness (QED) is 0.481. The molecule has 0 aliphatic rings. The normalized spacial score (nSPS) is 12.5. The molecule has 0 N–H and O–H groups in total. The molecule has 0 spiro atoms. The Kier molecular flexibility index (Phi) is 4.26. The van der Waals surface area contributed by atoms with Crippen LogP contribution in [0.2, 0.25) is 0 Å².